The number of hydrogen-bond donors (Lipinski definition) is 0. The topological polar surface area (TPSA) is 57.7 Å². The van der Waals surface area contributed by atoms with Gasteiger partial charge in [0.25, 0.3) is 0 Å². The Balaban J connectivity index is 1.42. The number of benzene rings is 1. The molecule has 2 saturated heterocycles. The van der Waals surface area contributed by atoms with Crippen LogP contribution >= 0.6 is 0 Å². The van der Waals surface area contributed by atoms with Gasteiger partial charge in [0, 0.05) is 12.6 Å². The Morgan fingerprint density at radius 2 is 1.58 bits per heavy atom. The fourth-order valence-corrected chi connectivity index (χ4v) is 4.88. The van der Waals surface area contributed by atoms with Crippen molar-refractivity contribution in [1.29, 1.82) is 0 Å². The summed E-state index contributed by atoms with van der Waals surface area (Å²) in [5, 5.41) is 0. The molecule has 3 atom stereocenters. The molecule has 0 N–H and O–H groups in total. The maximum absolute atomic E-state index is 12.9. The fraction of sp³-hybridized carbons (Fsp3) is 0.571. The van der Waals surface area contributed by atoms with Crippen molar-refractivity contribution in [3.05, 3.63) is 35.9 Å². The van der Waals surface area contributed by atoms with Crippen molar-refractivity contribution in [1.82, 2.24) is 9.80 Å². The minimum atomic E-state index is -0.178. The molecule has 2 heterocycles. The highest BCUT2D eigenvalue weighted by molar-refractivity contribution is 6.07. The molecule has 3 unspecified atom stereocenters. The van der Waals surface area contributed by atoms with Crippen molar-refractivity contribution in [2.75, 3.05) is 13.1 Å². The molecule has 1 aliphatic carbocycles. The molecule has 3 aliphatic rings. The number of fused-ring (bicyclic) bond motifs is 1. The zero-order chi connectivity index (χ0) is 18.1. The first-order valence-electron chi connectivity index (χ1n) is 9.84. The predicted octanol–water partition coefficient (Wildman–Crippen LogP) is 2.40. The second-order valence-electron chi connectivity index (χ2n) is 7.83. The molecular formula is C21H26N2O3. The van der Waals surface area contributed by atoms with E-state index >= 15 is 0 Å². The number of rotatable bonds is 4. The molecule has 0 bridgehead atoms. The summed E-state index contributed by atoms with van der Waals surface area (Å²) in [5.41, 5.74) is 1.22. The van der Waals surface area contributed by atoms with Crippen molar-refractivity contribution in [3.63, 3.8) is 0 Å². The van der Waals surface area contributed by atoms with Crippen LogP contribution in [0.25, 0.3) is 0 Å². The molecule has 1 aromatic rings. The lowest BCUT2D eigenvalue weighted by Crippen LogP contribution is -2.45. The van der Waals surface area contributed by atoms with E-state index in [1.54, 1.807) is 0 Å². The third-order valence-electron chi connectivity index (χ3n) is 6.24. The monoisotopic (exact) mass is 354 g/mol. The Kier molecular flexibility index (Phi) is 4.79. The minimum Gasteiger partial charge on any atom is -0.338 e. The normalized spacial score (nSPS) is 28.5. The second-order valence-corrected chi connectivity index (χ2v) is 7.83. The van der Waals surface area contributed by atoms with Gasteiger partial charge in [-0.05, 0) is 37.7 Å². The highest BCUT2D eigenvalue weighted by Crippen LogP contribution is 2.38. The highest BCUT2D eigenvalue weighted by Gasteiger charge is 2.49. The van der Waals surface area contributed by atoms with Crippen molar-refractivity contribution < 1.29 is 14.4 Å². The third kappa shape index (κ3) is 3.15. The summed E-state index contributed by atoms with van der Waals surface area (Å²) in [6.07, 6.45) is 6.39. The third-order valence-corrected chi connectivity index (χ3v) is 6.24. The molecule has 0 spiro atoms. The fourth-order valence-electron chi connectivity index (χ4n) is 4.88. The van der Waals surface area contributed by atoms with E-state index in [0.717, 1.165) is 51.5 Å². The Hall–Kier alpha value is -2.17. The van der Waals surface area contributed by atoms with E-state index < -0.39 is 0 Å². The van der Waals surface area contributed by atoms with Gasteiger partial charge in [-0.15, -0.1) is 0 Å². The summed E-state index contributed by atoms with van der Waals surface area (Å²) >= 11 is 0. The molecule has 0 aromatic heterocycles. The molecule has 0 radical (unpaired) electrons. The zero-order valence-corrected chi connectivity index (χ0v) is 15.1. The SMILES string of the molecule is O=C1C2CCCCC2C(=O)N1CC(=O)N1CCCC1Cc1ccccc1. The molecule has 5 heteroatoms. The Bertz CT molecular complexity index is 678. The summed E-state index contributed by atoms with van der Waals surface area (Å²) in [7, 11) is 0. The number of likely N-dealkylation sites (tertiary alicyclic amines) is 2. The average Bonchev–Trinajstić information content (AvgIpc) is 3.22. The molecule has 1 aromatic carbocycles. The molecule has 4 rings (SSSR count). The quantitative estimate of drug-likeness (QED) is 0.780. The van der Waals surface area contributed by atoms with Crippen LogP contribution in [0.5, 0.6) is 0 Å². The van der Waals surface area contributed by atoms with Gasteiger partial charge in [-0.3, -0.25) is 19.3 Å². The number of imide groups is 1. The second kappa shape index (κ2) is 7.22. The van der Waals surface area contributed by atoms with Gasteiger partial charge in [0.05, 0.1) is 11.8 Å². The van der Waals surface area contributed by atoms with E-state index in [1.807, 2.05) is 23.1 Å². The van der Waals surface area contributed by atoms with Crippen LogP contribution < -0.4 is 0 Å². The minimum absolute atomic E-state index is 0.0735. The predicted molar refractivity (Wildman–Crippen MR) is 97.0 cm³/mol. The van der Waals surface area contributed by atoms with Crippen LogP contribution in [0.3, 0.4) is 0 Å². The van der Waals surface area contributed by atoms with Gasteiger partial charge in [-0.1, -0.05) is 43.2 Å². The van der Waals surface area contributed by atoms with E-state index in [9.17, 15) is 14.4 Å². The van der Waals surface area contributed by atoms with Gasteiger partial charge < -0.3 is 4.90 Å². The van der Waals surface area contributed by atoms with Crippen molar-refractivity contribution in [2.45, 2.75) is 51.0 Å². The summed E-state index contributed by atoms with van der Waals surface area (Å²) in [4.78, 5) is 41.2. The summed E-state index contributed by atoms with van der Waals surface area (Å²) in [5.74, 6) is -0.673. The van der Waals surface area contributed by atoms with E-state index in [2.05, 4.69) is 12.1 Å². The van der Waals surface area contributed by atoms with E-state index in [-0.39, 0.29) is 42.1 Å². The van der Waals surface area contributed by atoms with Crippen molar-refractivity contribution in [3.8, 4) is 0 Å². The summed E-state index contributed by atoms with van der Waals surface area (Å²) in [6, 6.07) is 10.4. The van der Waals surface area contributed by atoms with Crippen LogP contribution in [0.1, 0.15) is 44.1 Å². The first-order valence-corrected chi connectivity index (χ1v) is 9.84. The Morgan fingerprint density at radius 1 is 0.923 bits per heavy atom. The number of carbonyl (C=O) groups is 3. The van der Waals surface area contributed by atoms with Crippen molar-refractivity contribution in [2.24, 2.45) is 11.8 Å². The van der Waals surface area contributed by atoms with Crippen LogP contribution in [-0.2, 0) is 20.8 Å². The van der Waals surface area contributed by atoms with E-state index in [0.29, 0.717) is 0 Å². The molecule has 138 valence electrons. The van der Waals surface area contributed by atoms with E-state index in [4.69, 9.17) is 0 Å². The Morgan fingerprint density at radius 3 is 2.23 bits per heavy atom. The smallest absolute Gasteiger partial charge is 0.243 e. The number of carbonyl (C=O) groups excluding carboxylic acids is 3. The summed E-state index contributed by atoms with van der Waals surface area (Å²) in [6.45, 7) is 0.648. The lowest BCUT2D eigenvalue weighted by molar-refractivity contribution is -0.146. The molecule has 3 fully saturated rings. The largest absolute Gasteiger partial charge is 0.338 e. The standard InChI is InChI=1S/C21H26N2O3/c24-19(14-23-20(25)17-10-4-5-11-18(17)21(23)26)22-12-6-9-16(22)13-15-7-2-1-3-8-15/h1-3,7-8,16-18H,4-6,9-14H2. The molecule has 1 saturated carbocycles. The van der Waals surface area contributed by atoms with Crippen LogP contribution in [-0.4, -0.2) is 46.7 Å². The number of amides is 3. The van der Waals surface area contributed by atoms with Gasteiger partial charge in [0.2, 0.25) is 17.7 Å². The number of hydrogen-bond acceptors (Lipinski definition) is 3. The molecule has 5 nitrogen and oxygen atoms in total. The molecular weight excluding hydrogens is 328 g/mol. The lowest BCUT2D eigenvalue weighted by Gasteiger charge is -2.27. The van der Waals surface area contributed by atoms with Gasteiger partial charge >= 0.3 is 0 Å². The van der Waals surface area contributed by atoms with Gasteiger partial charge in [0.1, 0.15) is 6.54 Å². The lowest BCUT2D eigenvalue weighted by atomic mass is 9.81. The maximum Gasteiger partial charge on any atom is 0.243 e. The first kappa shape index (κ1) is 17.3. The highest BCUT2D eigenvalue weighted by atomic mass is 16.2. The Labute approximate surface area is 154 Å². The van der Waals surface area contributed by atoms with Gasteiger partial charge in [-0.25, -0.2) is 0 Å². The van der Waals surface area contributed by atoms with Gasteiger partial charge in [-0.2, -0.15) is 0 Å². The first-order chi connectivity index (χ1) is 12.6. The molecule has 2 aliphatic heterocycles. The van der Waals surface area contributed by atoms with Crippen LogP contribution in [0.4, 0.5) is 0 Å². The van der Waals surface area contributed by atoms with Crippen LogP contribution in [0.2, 0.25) is 0 Å². The average molecular weight is 354 g/mol. The van der Waals surface area contributed by atoms with E-state index in [1.165, 1.54) is 10.5 Å². The van der Waals surface area contributed by atoms with Gasteiger partial charge in [0.15, 0.2) is 0 Å². The molecule has 3 amide bonds. The zero-order valence-electron chi connectivity index (χ0n) is 15.1. The number of nitrogens with zero attached hydrogens (tertiary/aromatic N) is 2. The van der Waals surface area contributed by atoms with Crippen molar-refractivity contribution >= 4 is 17.7 Å². The summed E-state index contributed by atoms with van der Waals surface area (Å²) < 4.78 is 0. The molecule has 26 heavy (non-hydrogen) atoms. The van der Waals surface area contributed by atoms with Crippen LogP contribution in [0.15, 0.2) is 30.3 Å². The van der Waals surface area contributed by atoms with Crippen LogP contribution in [0, 0.1) is 11.8 Å². The maximum atomic E-state index is 12.9.